The van der Waals surface area contributed by atoms with E-state index in [1.54, 1.807) is 0 Å². The maximum absolute atomic E-state index is 13.7. The molecule has 0 spiro atoms. The summed E-state index contributed by atoms with van der Waals surface area (Å²) in [6.45, 7) is 1.54. The predicted molar refractivity (Wildman–Crippen MR) is 74.9 cm³/mol. The summed E-state index contributed by atoms with van der Waals surface area (Å²) in [7, 11) is 0. The number of rotatable bonds is 5. The first kappa shape index (κ1) is 16.2. The number of halogens is 1. The van der Waals surface area contributed by atoms with Gasteiger partial charge in [-0.3, -0.25) is 20.2 Å². The van der Waals surface area contributed by atoms with Crippen LogP contribution < -0.4 is 10.1 Å². The average Bonchev–Trinajstić information content (AvgIpc) is 2.47. The van der Waals surface area contributed by atoms with Gasteiger partial charge in [-0.1, -0.05) is 0 Å². The largest absolute Gasteiger partial charge is 0.472 e. The van der Waals surface area contributed by atoms with Crippen molar-refractivity contribution in [3.63, 3.8) is 0 Å². The van der Waals surface area contributed by atoms with Crippen LogP contribution in [-0.4, -0.2) is 29.8 Å². The monoisotopic (exact) mass is 312 g/mol. The summed E-state index contributed by atoms with van der Waals surface area (Å²) in [6.07, 6.45) is 1.79. The van der Waals surface area contributed by atoms with Gasteiger partial charge in [0.25, 0.3) is 5.69 Å². The van der Waals surface area contributed by atoms with Crippen molar-refractivity contribution in [3.05, 3.63) is 34.1 Å². The van der Waals surface area contributed by atoms with Crippen LogP contribution >= 0.6 is 0 Å². The molecule has 22 heavy (non-hydrogen) atoms. The third-order valence-electron chi connectivity index (χ3n) is 3.32. The Balaban J connectivity index is 1.99. The van der Waals surface area contributed by atoms with E-state index in [-0.39, 0.29) is 30.1 Å². The summed E-state index contributed by atoms with van der Waals surface area (Å²) in [5.74, 6) is -1.19. The Kier molecular flexibility index (Phi) is 5.26. The van der Waals surface area contributed by atoms with E-state index >= 15 is 0 Å². The fraction of sp³-hybridized carbons (Fsp3) is 0.500. The molecule has 1 saturated heterocycles. The van der Waals surface area contributed by atoms with Gasteiger partial charge in [0.05, 0.1) is 11.0 Å². The Morgan fingerprint density at radius 3 is 2.95 bits per heavy atom. The first-order valence-corrected chi connectivity index (χ1v) is 6.95. The molecule has 1 aromatic carbocycles. The molecule has 1 heterocycles. The molecule has 0 saturated carbocycles. The number of hydrogen-bond donors (Lipinski definition) is 1. The van der Waals surface area contributed by atoms with Gasteiger partial charge in [-0.2, -0.15) is 0 Å². The highest BCUT2D eigenvalue weighted by Crippen LogP contribution is 2.26. The number of carbonyl (C=O) groups excluding carboxylic acids is 1. The summed E-state index contributed by atoms with van der Waals surface area (Å²) in [4.78, 5) is 20.9. The van der Waals surface area contributed by atoms with Gasteiger partial charge in [-0.15, -0.1) is 0 Å². The highest BCUT2D eigenvalue weighted by Gasteiger charge is 2.24. The highest BCUT2D eigenvalue weighted by atomic mass is 19.1. The van der Waals surface area contributed by atoms with Crippen molar-refractivity contribution in [2.75, 3.05) is 6.61 Å². The average molecular weight is 312 g/mol. The van der Waals surface area contributed by atoms with Crippen molar-refractivity contribution in [3.8, 4) is 5.75 Å². The zero-order valence-corrected chi connectivity index (χ0v) is 12.1. The molecule has 1 aromatic rings. The molecule has 0 radical (unpaired) electrons. The van der Waals surface area contributed by atoms with Gasteiger partial charge in [0.2, 0.25) is 0 Å². The lowest BCUT2D eigenvalue weighted by Crippen LogP contribution is -2.47. The zero-order valence-electron chi connectivity index (χ0n) is 12.1. The third-order valence-corrected chi connectivity index (χ3v) is 3.32. The van der Waals surface area contributed by atoms with E-state index in [1.807, 2.05) is 0 Å². The number of nitrogens with zero attached hydrogens (tertiary/aromatic N) is 1. The molecule has 0 bridgehead atoms. The van der Waals surface area contributed by atoms with Crippen molar-refractivity contribution in [2.24, 2.45) is 0 Å². The van der Waals surface area contributed by atoms with E-state index in [4.69, 9.17) is 9.47 Å². The standard InChI is InChI=1S/C14H17FN2O5/c1-9(18)21-8-10-3-2-4-14(16-10)22-13-7-11(17(19)20)5-6-12(13)15/h5-7,10,14,16H,2-4,8H2,1H3/t10-,14+/m1/s1. The molecule has 7 nitrogen and oxygen atoms in total. The molecule has 1 fully saturated rings. The smallest absolute Gasteiger partial charge is 0.302 e. The molecule has 0 amide bonds. The maximum Gasteiger partial charge on any atom is 0.302 e. The molecule has 1 aliphatic heterocycles. The topological polar surface area (TPSA) is 90.7 Å². The minimum Gasteiger partial charge on any atom is -0.472 e. The predicted octanol–water partition coefficient (Wildman–Crippen LogP) is 2.14. The fourth-order valence-corrected chi connectivity index (χ4v) is 2.27. The quantitative estimate of drug-likeness (QED) is 0.509. The minimum absolute atomic E-state index is 0.0793. The number of carbonyl (C=O) groups is 1. The molecular formula is C14H17FN2O5. The Morgan fingerprint density at radius 2 is 2.27 bits per heavy atom. The van der Waals surface area contributed by atoms with Gasteiger partial charge in [0, 0.05) is 19.0 Å². The first-order valence-electron chi connectivity index (χ1n) is 6.95. The second kappa shape index (κ2) is 7.17. The molecule has 2 rings (SSSR count). The number of nitro groups is 1. The Labute approximate surface area is 126 Å². The Hall–Kier alpha value is -2.22. The van der Waals surface area contributed by atoms with Crippen LogP contribution in [0.2, 0.25) is 0 Å². The molecule has 1 N–H and O–H groups in total. The molecule has 0 aromatic heterocycles. The molecule has 120 valence electrons. The summed E-state index contributed by atoms with van der Waals surface area (Å²) < 4.78 is 24.1. The van der Waals surface area contributed by atoms with Crippen LogP contribution in [0.25, 0.3) is 0 Å². The van der Waals surface area contributed by atoms with Crippen LogP contribution in [0.1, 0.15) is 26.2 Å². The lowest BCUT2D eigenvalue weighted by atomic mass is 10.0. The van der Waals surface area contributed by atoms with Crippen LogP contribution in [0.3, 0.4) is 0 Å². The number of nitrogens with one attached hydrogen (secondary N) is 1. The van der Waals surface area contributed by atoms with Crippen molar-refractivity contribution in [2.45, 2.75) is 38.5 Å². The first-order chi connectivity index (χ1) is 10.5. The second-order valence-electron chi connectivity index (χ2n) is 5.08. The lowest BCUT2D eigenvalue weighted by molar-refractivity contribution is -0.385. The fourth-order valence-electron chi connectivity index (χ4n) is 2.27. The van der Waals surface area contributed by atoms with Crippen LogP contribution in [0.15, 0.2) is 18.2 Å². The van der Waals surface area contributed by atoms with Crippen molar-refractivity contribution in [1.82, 2.24) is 5.32 Å². The van der Waals surface area contributed by atoms with E-state index in [1.165, 1.54) is 6.92 Å². The maximum atomic E-state index is 13.7. The van der Waals surface area contributed by atoms with Gasteiger partial charge in [-0.05, 0) is 25.3 Å². The Morgan fingerprint density at radius 1 is 1.50 bits per heavy atom. The lowest BCUT2D eigenvalue weighted by Gasteiger charge is -2.30. The zero-order chi connectivity index (χ0) is 16.1. The third kappa shape index (κ3) is 4.39. The SMILES string of the molecule is CC(=O)OC[C@H]1CCC[C@H](Oc2cc([N+](=O)[O-])ccc2F)N1. The van der Waals surface area contributed by atoms with Gasteiger partial charge in [-0.25, -0.2) is 4.39 Å². The number of ether oxygens (including phenoxy) is 2. The van der Waals surface area contributed by atoms with Crippen LogP contribution in [0.4, 0.5) is 10.1 Å². The van der Waals surface area contributed by atoms with Gasteiger partial charge in [0.1, 0.15) is 6.61 Å². The second-order valence-corrected chi connectivity index (χ2v) is 5.08. The van der Waals surface area contributed by atoms with Gasteiger partial charge in [0.15, 0.2) is 17.8 Å². The van der Waals surface area contributed by atoms with E-state index < -0.39 is 17.0 Å². The number of esters is 1. The molecule has 1 aliphatic rings. The van der Waals surface area contributed by atoms with E-state index in [0.717, 1.165) is 31.0 Å². The van der Waals surface area contributed by atoms with E-state index in [9.17, 15) is 19.3 Å². The van der Waals surface area contributed by atoms with Gasteiger partial charge >= 0.3 is 5.97 Å². The van der Waals surface area contributed by atoms with Gasteiger partial charge < -0.3 is 9.47 Å². The van der Waals surface area contributed by atoms with E-state index in [0.29, 0.717) is 6.42 Å². The summed E-state index contributed by atoms with van der Waals surface area (Å²) in [5, 5.41) is 13.8. The minimum atomic E-state index is -0.658. The number of hydrogen-bond acceptors (Lipinski definition) is 6. The number of benzene rings is 1. The number of piperidine rings is 1. The van der Waals surface area contributed by atoms with Crippen molar-refractivity contribution < 1.29 is 23.6 Å². The molecular weight excluding hydrogens is 295 g/mol. The van der Waals surface area contributed by atoms with Crippen LogP contribution in [-0.2, 0) is 9.53 Å². The molecule has 8 heteroatoms. The summed E-state index contributed by atoms with van der Waals surface area (Å²) in [6, 6.07) is 3.07. The summed E-state index contributed by atoms with van der Waals surface area (Å²) >= 11 is 0. The molecule has 0 unspecified atom stereocenters. The van der Waals surface area contributed by atoms with Crippen LogP contribution in [0.5, 0.6) is 5.75 Å². The van der Waals surface area contributed by atoms with E-state index in [2.05, 4.69) is 5.32 Å². The number of non-ortho nitro benzene ring substituents is 1. The number of nitro benzene ring substituents is 1. The normalized spacial score (nSPS) is 21.2. The highest BCUT2D eigenvalue weighted by molar-refractivity contribution is 5.65. The van der Waals surface area contributed by atoms with Crippen molar-refractivity contribution in [1.29, 1.82) is 0 Å². The summed E-state index contributed by atoms with van der Waals surface area (Å²) in [5.41, 5.74) is -0.233. The molecule has 0 aliphatic carbocycles. The Bertz CT molecular complexity index is 566. The van der Waals surface area contributed by atoms with Crippen molar-refractivity contribution >= 4 is 11.7 Å². The molecule has 2 atom stereocenters. The van der Waals surface area contributed by atoms with Crippen LogP contribution in [0, 0.1) is 15.9 Å².